The van der Waals surface area contributed by atoms with Gasteiger partial charge in [0.05, 0.1) is 19.2 Å². The minimum atomic E-state index is -1.19. The quantitative estimate of drug-likeness (QED) is 0.349. The molecule has 1 fully saturated rings. The van der Waals surface area contributed by atoms with E-state index in [2.05, 4.69) is 21.7 Å². The summed E-state index contributed by atoms with van der Waals surface area (Å²) in [6, 6.07) is 11.3. The number of carboxylic acid groups (broad SMARTS) is 1. The number of aliphatic carboxylic acids is 1. The minimum Gasteiger partial charge on any atom is -0.497 e. The Hall–Kier alpha value is -3.21. The molecule has 1 saturated heterocycles. The number of methoxy groups -OCH3 is 1. The molecule has 0 bridgehead atoms. The predicted molar refractivity (Wildman–Crippen MR) is 140 cm³/mol. The van der Waals surface area contributed by atoms with E-state index in [1.54, 1.807) is 37.6 Å². The van der Waals surface area contributed by atoms with Gasteiger partial charge in [-0.1, -0.05) is 23.4 Å². The lowest BCUT2D eigenvalue weighted by Crippen LogP contribution is -2.41. The fraction of sp³-hybridized carbons (Fsp3) is 0.379. The van der Waals surface area contributed by atoms with Gasteiger partial charge in [-0.25, -0.2) is 8.78 Å². The van der Waals surface area contributed by atoms with Gasteiger partial charge in [-0.3, -0.25) is 14.7 Å². The van der Waals surface area contributed by atoms with Gasteiger partial charge in [0.25, 0.3) is 0 Å². The summed E-state index contributed by atoms with van der Waals surface area (Å²) in [7, 11) is 1.57. The van der Waals surface area contributed by atoms with Gasteiger partial charge in [-0.2, -0.15) is 0 Å². The van der Waals surface area contributed by atoms with Gasteiger partial charge in [0.1, 0.15) is 17.7 Å². The lowest BCUT2D eigenvalue weighted by atomic mass is 9.79. The topological polar surface area (TPSA) is 62.7 Å². The first-order valence-electron chi connectivity index (χ1n) is 12.3. The number of benzene rings is 2. The Morgan fingerprint density at radius 1 is 1.27 bits per heavy atom. The summed E-state index contributed by atoms with van der Waals surface area (Å²) in [5, 5.41) is 10.5. The van der Waals surface area contributed by atoms with Crippen LogP contribution < -0.4 is 4.74 Å². The summed E-state index contributed by atoms with van der Waals surface area (Å²) in [6.07, 6.45) is 2.11. The molecule has 2 aromatic carbocycles. The van der Waals surface area contributed by atoms with E-state index in [0.717, 1.165) is 18.4 Å². The van der Waals surface area contributed by atoms with Crippen LogP contribution in [-0.4, -0.2) is 47.7 Å². The van der Waals surface area contributed by atoms with Crippen molar-refractivity contribution < 1.29 is 23.4 Å². The molecule has 4 rings (SSSR count). The third-order valence-corrected chi connectivity index (χ3v) is 7.14. The third kappa shape index (κ3) is 7.18. The number of rotatable bonds is 8. The van der Waals surface area contributed by atoms with Crippen LogP contribution in [0.3, 0.4) is 0 Å². The van der Waals surface area contributed by atoms with E-state index < -0.39 is 18.0 Å². The monoisotopic (exact) mass is 526 g/mol. The number of pyridine rings is 1. The molecule has 0 aliphatic carbocycles. The van der Waals surface area contributed by atoms with Gasteiger partial charge in [0, 0.05) is 35.1 Å². The largest absolute Gasteiger partial charge is 0.497 e. The van der Waals surface area contributed by atoms with Crippen LogP contribution in [-0.2, 0) is 4.79 Å². The number of fused-ring (bicyclic) bond motifs is 1. The summed E-state index contributed by atoms with van der Waals surface area (Å²) < 4.78 is 34.3. The molecule has 0 amide bonds. The van der Waals surface area contributed by atoms with Crippen LogP contribution >= 0.6 is 11.6 Å². The number of carboxylic acids is 1. The van der Waals surface area contributed by atoms with E-state index in [0.29, 0.717) is 48.3 Å². The third-order valence-electron chi connectivity index (χ3n) is 6.92. The Bertz CT molecular complexity index is 1300. The minimum absolute atomic E-state index is 0.0282. The van der Waals surface area contributed by atoms with Gasteiger partial charge >= 0.3 is 5.97 Å². The molecule has 1 aliphatic rings. The van der Waals surface area contributed by atoms with Crippen molar-refractivity contribution in [1.29, 1.82) is 0 Å². The van der Waals surface area contributed by atoms with Crippen LogP contribution in [0.5, 0.6) is 5.75 Å². The summed E-state index contributed by atoms with van der Waals surface area (Å²) in [5.74, 6) is 5.31. The van der Waals surface area contributed by atoms with Crippen molar-refractivity contribution in [3.8, 4) is 17.6 Å². The highest BCUT2D eigenvalue weighted by atomic mass is 35.5. The molecule has 1 N–H and O–H groups in total. The van der Waals surface area contributed by atoms with Crippen LogP contribution in [0.25, 0.3) is 10.9 Å². The highest BCUT2D eigenvalue weighted by molar-refractivity contribution is 6.30. The van der Waals surface area contributed by atoms with Gasteiger partial charge in [-0.15, -0.1) is 0 Å². The van der Waals surface area contributed by atoms with E-state index in [1.165, 1.54) is 12.1 Å². The summed E-state index contributed by atoms with van der Waals surface area (Å²) in [4.78, 5) is 18.0. The highest BCUT2D eigenvalue weighted by Crippen LogP contribution is 2.36. The van der Waals surface area contributed by atoms with Crippen molar-refractivity contribution in [2.45, 2.75) is 31.9 Å². The Morgan fingerprint density at radius 2 is 2.11 bits per heavy atom. The number of carbonyl (C=O) groups is 1. The van der Waals surface area contributed by atoms with Crippen molar-refractivity contribution in [3.63, 3.8) is 0 Å². The Labute approximate surface area is 220 Å². The van der Waals surface area contributed by atoms with Crippen LogP contribution in [0, 0.1) is 29.5 Å². The Kier molecular flexibility index (Phi) is 8.96. The lowest BCUT2D eigenvalue weighted by Gasteiger charge is -2.37. The molecular formula is C29H29ClF2N2O3. The fourth-order valence-electron chi connectivity index (χ4n) is 5.08. The normalized spacial score (nSPS) is 18.7. The van der Waals surface area contributed by atoms with Crippen molar-refractivity contribution in [3.05, 3.63) is 70.6 Å². The first-order valence-corrected chi connectivity index (χ1v) is 12.7. The van der Waals surface area contributed by atoms with E-state index in [1.807, 2.05) is 6.07 Å². The second-order valence-corrected chi connectivity index (χ2v) is 9.87. The highest BCUT2D eigenvalue weighted by Gasteiger charge is 2.31. The fourth-order valence-corrected chi connectivity index (χ4v) is 5.30. The van der Waals surface area contributed by atoms with Crippen molar-refractivity contribution in [2.24, 2.45) is 11.8 Å². The van der Waals surface area contributed by atoms with Crippen molar-refractivity contribution in [1.82, 2.24) is 9.88 Å². The molecule has 1 aliphatic heterocycles. The van der Waals surface area contributed by atoms with E-state index >= 15 is 4.39 Å². The smallest absolute Gasteiger partial charge is 0.303 e. The molecule has 1 aromatic heterocycles. The number of hydrogen-bond acceptors (Lipinski definition) is 4. The molecule has 194 valence electrons. The van der Waals surface area contributed by atoms with Crippen molar-refractivity contribution in [2.75, 3.05) is 26.7 Å². The molecule has 37 heavy (non-hydrogen) atoms. The summed E-state index contributed by atoms with van der Waals surface area (Å²) >= 11 is 5.89. The number of piperidine rings is 1. The maximum atomic E-state index is 15.5. The average Bonchev–Trinajstić information content (AvgIpc) is 2.86. The molecule has 0 spiro atoms. The number of aromatic nitrogens is 1. The number of nitrogens with zero attached hydrogens (tertiary/aromatic N) is 2. The first-order chi connectivity index (χ1) is 17.8. The molecule has 0 saturated carbocycles. The Morgan fingerprint density at radius 3 is 2.86 bits per heavy atom. The second kappa shape index (κ2) is 12.4. The first kappa shape index (κ1) is 26.8. The molecule has 3 aromatic rings. The maximum absolute atomic E-state index is 15.5. The molecular weight excluding hydrogens is 498 g/mol. The van der Waals surface area contributed by atoms with Crippen molar-refractivity contribution >= 4 is 28.5 Å². The maximum Gasteiger partial charge on any atom is 0.303 e. The van der Waals surface area contributed by atoms with Crippen LogP contribution in [0.15, 0.2) is 48.7 Å². The van der Waals surface area contributed by atoms with Crippen LogP contribution in [0.4, 0.5) is 8.78 Å². The van der Waals surface area contributed by atoms with E-state index in [9.17, 15) is 14.3 Å². The van der Waals surface area contributed by atoms with Gasteiger partial charge in [0.2, 0.25) is 0 Å². The zero-order valence-electron chi connectivity index (χ0n) is 20.6. The molecule has 8 heteroatoms. The average molecular weight is 527 g/mol. The summed E-state index contributed by atoms with van der Waals surface area (Å²) in [6.45, 7) is 1.75. The van der Waals surface area contributed by atoms with Crippen LogP contribution in [0.2, 0.25) is 5.02 Å². The van der Waals surface area contributed by atoms with Gasteiger partial charge in [0.15, 0.2) is 0 Å². The SMILES string of the molecule is COc1ccc2nccc([C@@H](F)CC[C@@H]3CCN(CC#Cc4cc(F)cc(Cl)c4)C[C@@H]3CC(=O)O)c2c1. The second-order valence-electron chi connectivity index (χ2n) is 9.43. The van der Waals surface area contributed by atoms with Crippen LogP contribution in [0.1, 0.15) is 43.0 Å². The van der Waals surface area contributed by atoms with Gasteiger partial charge in [-0.05, 0) is 85.7 Å². The predicted octanol–water partition coefficient (Wildman–Crippen LogP) is 6.29. The molecule has 3 atom stereocenters. The summed E-state index contributed by atoms with van der Waals surface area (Å²) in [5.41, 5.74) is 1.78. The molecule has 0 unspecified atom stereocenters. The van der Waals surface area contributed by atoms with E-state index in [4.69, 9.17) is 16.3 Å². The zero-order chi connectivity index (χ0) is 26.4. The number of likely N-dealkylation sites (tertiary alicyclic amines) is 1. The van der Waals surface area contributed by atoms with E-state index in [-0.39, 0.29) is 23.3 Å². The number of ether oxygens (including phenoxy) is 1. The standard InChI is InChI=1S/C29H29ClF2N2O3/c1-37-24-5-7-28-26(17-24)25(8-10-33-28)27(32)6-4-20-9-12-34(18-21(20)15-29(35)36)11-2-3-19-13-22(30)16-23(31)14-19/h5,7-8,10,13-14,16-17,20-21,27H,4,6,9,11-12,15,18H2,1H3,(H,35,36)/t20-,21+,27+/m1/s1. The number of hydrogen-bond donors (Lipinski definition) is 1. The molecule has 5 nitrogen and oxygen atoms in total. The molecule has 0 radical (unpaired) electrons. The lowest BCUT2D eigenvalue weighted by molar-refractivity contribution is -0.139. The number of halogens is 3. The van der Waals surface area contributed by atoms with Gasteiger partial charge < -0.3 is 9.84 Å². The number of alkyl halides is 1. The zero-order valence-corrected chi connectivity index (χ0v) is 21.3. The Balaban J connectivity index is 1.39. The molecule has 2 heterocycles.